The molecule has 0 saturated carbocycles. The fraction of sp³-hybridized carbons (Fsp3) is 0.200. The standard InChI is InChI=1S/C20H20N2O6S/c1-27-19(25)13-8-14(20(26)28-2)10-16(9-13)22-18(24)12-29-11-17(23)21-15-6-4-3-5-7-15/h3-10H,11-12H2,1-2H3,(H,21,23)(H,22,24). The molecule has 0 unspecified atom stereocenters. The van der Waals surface area contributed by atoms with Gasteiger partial charge in [0.15, 0.2) is 0 Å². The monoisotopic (exact) mass is 416 g/mol. The van der Waals surface area contributed by atoms with Gasteiger partial charge in [-0.05, 0) is 30.3 Å². The molecule has 0 heterocycles. The van der Waals surface area contributed by atoms with Crippen LogP contribution in [0.4, 0.5) is 11.4 Å². The number of hydrogen-bond acceptors (Lipinski definition) is 7. The molecule has 0 radical (unpaired) electrons. The largest absolute Gasteiger partial charge is 0.465 e. The quantitative estimate of drug-likeness (QED) is 0.636. The maximum atomic E-state index is 12.2. The summed E-state index contributed by atoms with van der Waals surface area (Å²) in [5, 5.41) is 5.32. The number of carbonyl (C=O) groups excluding carboxylic acids is 4. The Morgan fingerprint density at radius 2 is 1.24 bits per heavy atom. The number of nitrogens with one attached hydrogen (secondary N) is 2. The second kappa shape index (κ2) is 10.9. The first-order valence-corrected chi connectivity index (χ1v) is 9.62. The highest BCUT2D eigenvalue weighted by Gasteiger charge is 2.15. The summed E-state index contributed by atoms with van der Waals surface area (Å²) in [6.07, 6.45) is 0. The van der Waals surface area contributed by atoms with E-state index in [-0.39, 0.29) is 40.1 Å². The number of rotatable bonds is 8. The van der Waals surface area contributed by atoms with E-state index in [1.165, 1.54) is 32.4 Å². The van der Waals surface area contributed by atoms with Gasteiger partial charge in [-0.3, -0.25) is 9.59 Å². The normalized spacial score (nSPS) is 10.0. The summed E-state index contributed by atoms with van der Waals surface area (Å²) >= 11 is 1.13. The Hall–Kier alpha value is -3.33. The third kappa shape index (κ3) is 6.96. The van der Waals surface area contributed by atoms with Crippen LogP contribution in [0.5, 0.6) is 0 Å². The maximum Gasteiger partial charge on any atom is 0.337 e. The number of esters is 2. The Bertz CT molecular complexity index is 867. The molecule has 2 rings (SSSR count). The van der Waals surface area contributed by atoms with Gasteiger partial charge in [-0.25, -0.2) is 9.59 Å². The highest BCUT2D eigenvalue weighted by molar-refractivity contribution is 8.00. The number of carbonyl (C=O) groups is 4. The molecule has 0 aliphatic rings. The third-order valence-corrected chi connectivity index (χ3v) is 4.52. The van der Waals surface area contributed by atoms with Gasteiger partial charge < -0.3 is 20.1 Å². The minimum Gasteiger partial charge on any atom is -0.465 e. The highest BCUT2D eigenvalue weighted by atomic mass is 32.2. The van der Waals surface area contributed by atoms with Gasteiger partial charge in [0, 0.05) is 11.4 Å². The van der Waals surface area contributed by atoms with Crippen LogP contribution in [0, 0.1) is 0 Å². The molecule has 152 valence electrons. The molecule has 0 aliphatic heterocycles. The summed E-state index contributed by atoms with van der Waals surface area (Å²) in [5.74, 6) is -1.82. The van der Waals surface area contributed by atoms with E-state index in [0.29, 0.717) is 5.69 Å². The number of para-hydroxylation sites is 1. The van der Waals surface area contributed by atoms with Crippen molar-refractivity contribution in [1.29, 1.82) is 0 Å². The number of hydrogen-bond donors (Lipinski definition) is 2. The van der Waals surface area contributed by atoms with Gasteiger partial charge in [0.2, 0.25) is 11.8 Å². The maximum absolute atomic E-state index is 12.2. The molecule has 2 aromatic carbocycles. The summed E-state index contributed by atoms with van der Waals surface area (Å²) < 4.78 is 9.30. The van der Waals surface area contributed by atoms with Crippen LogP contribution in [0.3, 0.4) is 0 Å². The van der Waals surface area contributed by atoms with Crippen molar-refractivity contribution in [3.05, 3.63) is 59.7 Å². The Kier molecular flexibility index (Phi) is 8.23. The van der Waals surface area contributed by atoms with Crippen LogP contribution in [0.15, 0.2) is 48.5 Å². The van der Waals surface area contributed by atoms with Gasteiger partial charge in [-0.2, -0.15) is 0 Å². The molecule has 2 amide bonds. The molecule has 0 saturated heterocycles. The van der Waals surface area contributed by atoms with Crippen LogP contribution < -0.4 is 10.6 Å². The summed E-state index contributed by atoms with van der Waals surface area (Å²) in [5.41, 5.74) is 1.12. The number of ether oxygens (including phenoxy) is 2. The number of thioether (sulfide) groups is 1. The molecule has 0 atom stereocenters. The van der Waals surface area contributed by atoms with Crippen molar-refractivity contribution in [3.8, 4) is 0 Å². The topological polar surface area (TPSA) is 111 Å². The van der Waals surface area contributed by atoms with E-state index in [9.17, 15) is 19.2 Å². The van der Waals surface area contributed by atoms with Gasteiger partial charge in [0.1, 0.15) is 0 Å². The number of methoxy groups -OCH3 is 2. The smallest absolute Gasteiger partial charge is 0.337 e. The van der Waals surface area contributed by atoms with Crippen LogP contribution in [-0.4, -0.2) is 49.5 Å². The van der Waals surface area contributed by atoms with Crippen molar-refractivity contribution in [2.75, 3.05) is 36.4 Å². The Labute approximate surface area is 172 Å². The molecule has 9 heteroatoms. The van der Waals surface area contributed by atoms with Crippen LogP contribution >= 0.6 is 11.8 Å². The molecule has 8 nitrogen and oxygen atoms in total. The lowest BCUT2D eigenvalue weighted by Gasteiger charge is -2.09. The zero-order valence-electron chi connectivity index (χ0n) is 15.9. The van der Waals surface area contributed by atoms with Crippen molar-refractivity contribution in [2.24, 2.45) is 0 Å². The lowest BCUT2D eigenvalue weighted by Crippen LogP contribution is -2.19. The van der Waals surface area contributed by atoms with Crippen molar-refractivity contribution in [2.45, 2.75) is 0 Å². The van der Waals surface area contributed by atoms with Crippen molar-refractivity contribution < 1.29 is 28.7 Å². The average molecular weight is 416 g/mol. The number of amides is 2. The number of anilines is 2. The molecule has 29 heavy (non-hydrogen) atoms. The SMILES string of the molecule is COC(=O)c1cc(NC(=O)CSCC(=O)Nc2ccccc2)cc(C(=O)OC)c1. The minimum absolute atomic E-state index is 0.0121. The van der Waals surface area contributed by atoms with Crippen molar-refractivity contribution >= 4 is 46.9 Å². The molecule has 0 fully saturated rings. The Balaban J connectivity index is 1.93. The van der Waals surface area contributed by atoms with E-state index >= 15 is 0 Å². The van der Waals surface area contributed by atoms with Crippen molar-refractivity contribution in [1.82, 2.24) is 0 Å². The Morgan fingerprint density at radius 1 is 0.759 bits per heavy atom. The fourth-order valence-corrected chi connectivity index (χ4v) is 2.94. The zero-order chi connectivity index (χ0) is 21.2. The van der Waals surface area contributed by atoms with E-state index in [4.69, 9.17) is 0 Å². The van der Waals surface area contributed by atoms with E-state index in [0.717, 1.165) is 11.8 Å². The van der Waals surface area contributed by atoms with Crippen LogP contribution in [0.1, 0.15) is 20.7 Å². The predicted molar refractivity (Wildman–Crippen MR) is 110 cm³/mol. The second-order valence-corrected chi connectivity index (χ2v) is 6.72. The van der Waals surface area contributed by atoms with Gasteiger partial charge in [-0.1, -0.05) is 18.2 Å². The molecule has 2 N–H and O–H groups in total. The zero-order valence-corrected chi connectivity index (χ0v) is 16.7. The van der Waals surface area contributed by atoms with Crippen LogP contribution in [0.25, 0.3) is 0 Å². The molecule has 0 aliphatic carbocycles. The molecular formula is C20H20N2O6S. The summed E-state index contributed by atoms with van der Waals surface area (Å²) in [6.45, 7) is 0. The van der Waals surface area contributed by atoms with E-state index in [2.05, 4.69) is 20.1 Å². The molecule has 0 bridgehead atoms. The lowest BCUT2D eigenvalue weighted by atomic mass is 10.1. The molecule has 2 aromatic rings. The van der Waals surface area contributed by atoms with Crippen molar-refractivity contribution in [3.63, 3.8) is 0 Å². The summed E-state index contributed by atoms with van der Waals surface area (Å²) in [6, 6.07) is 13.1. The van der Waals surface area contributed by atoms with Crippen LogP contribution in [-0.2, 0) is 19.1 Å². The van der Waals surface area contributed by atoms with E-state index in [1.807, 2.05) is 6.07 Å². The second-order valence-electron chi connectivity index (χ2n) is 5.74. The lowest BCUT2D eigenvalue weighted by molar-refractivity contribution is -0.114. The van der Waals surface area contributed by atoms with Crippen LogP contribution in [0.2, 0.25) is 0 Å². The average Bonchev–Trinajstić information content (AvgIpc) is 2.72. The van der Waals surface area contributed by atoms with Gasteiger partial charge >= 0.3 is 11.9 Å². The first kappa shape index (κ1) is 22.0. The first-order valence-electron chi connectivity index (χ1n) is 8.47. The van der Waals surface area contributed by atoms with Gasteiger partial charge in [-0.15, -0.1) is 11.8 Å². The highest BCUT2D eigenvalue weighted by Crippen LogP contribution is 2.17. The van der Waals surface area contributed by atoms with Gasteiger partial charge in [0.25, 0.3) is 0 Å². The Morgan fingerprint density at radius 3 is 1.72 bits per heavy atom. The first-order chi connectivity index (χ1) is 13.9. The van der Waals surface area contributed by atoms with E-state index in [1.54, 1.807) is 24.3 Å². The minimum atomic E-state index is -0.654. The molecule has 0 aromatic heterocycles. The predicted octanol–water partition coefficient (Wildman–Crippen LogP) is 2.57. The number of benzene rings is 2. The third-order valence-electron chi connectivity index (χ3n) is 3.58. The fourth-order valence-electron chi connectivity index (χ4n) is 2.32. The molecular weight excluding hydrogens is 396 g/mol. The summed E-state index contributed by atoms with van der Waals surface area (Å²) in [7, 11) is 2.42. The van der Waals surface area contributed by atoms with Gasteiger partial charge in [0.05, 0.1) is 36.9 Å². The molecule has 0 spiro atoms. The van der Waals surface area contributed by atoms with E-state index < -0.39 is 11.9 Å². The summed E-state index contributed by atoms with van der Waals surface area (Å²) in [4.78, 5) is 47.6.